The minimum absolute atomic E-state index is 0.117. The minimum atomic E-state index is -0.492. The third-order valence-electron chi connectivity index (χ3n) is 3.77. The summed E-state index contributed by atoms with van der Waals surface area (Å²) in [5.41, 5.74) is 1.05. The zero-order valence-corrected chi connectivity index (χ0v) is 13.5. The number of carbonyl (C=O) groups excluding carboxylic acids is 1. The first-order chi connectivity index (χ1) is 11.1. The van der Waals surface area contributed by atoms with Crippen LogP contribution in [0.3, 0.4) is 0 Å². The average Bonchev–Trinajstić information content (AvgIpc) is 2.97. The quantitative estimate of drug-likeness (QED) is 0.754. The smallest absolute Gasteiger partial charge is 0.245 e. The Morgan fingerprint density at radius 2 is 2.09 bits per heavy atom. The summed E-state index contributed by atoms with van der Waals surface area (Å²) >= 11 is 0. The van der Waals surface area contributed by atoms with Crippen LogP contribution >= 0.6 is 0 Å². The summed E-state index contributed by atoms with van der Waals surface area (Å²) in [4.78, 5) is 12.6. The monoisotopic (exact) mass is 317 g/mol. The first-order valence-corrected chi connectivity index (χ1v) is 7.78. The van der Waals surface area contributed by atoms with Crippen LogP contribution in [0.25, 0.3) is 0 Å². The Labute approximate surface area is 135 Å². The van der Waals surface area contributed by atoms with Gasteiger partial charge in [0.15, 0.2) is 0 Å². The van der Waals surface area contributed by atoms with Crippen LogP contribution in [0.5, 0.6) is 0 Å². The van der Waals surface area contributed by atoms with Gasteiger partial charge in [-0.1, -0.05) is 37.3 Å². The van der Waals surface area contributed by atoms with E-state index >= 15 is 0 Å². The molecule has 2 unspecified atom stereocenters. The standard InChI is InChI=1S/C16H23N5O2/c1-12(8-9-22)11-17-16(23)15(21-13(2)18-19-20-21)10-14-6-4-3-5-7-14/h3-7,12,15,22H,8-11H2,1-2H3,(H,17,23). The Bertz CT molecular complexity index is 614. The largest absolute Gasteiger partial charge is 0.396 e. The van der Waals surface area contributed by atoms with Gasteiger partial charge in [-0.05, 0) is 35.3 Å². The van der Waals surface area contributed by atoms with Gasteiger partial charge in [-0.3, -0.25) is 4.79 Å². The number of rotatable bonds is 8. The van der Waals surface area contributed by atoms with Crippen LogP contribution in [0, 0.1) is 12.8 Å². The highest BCUT2D eigenvalue weighted by atomic mass is 16.3. The van der Waals surface area contributed by atoms with Crippen molar-refractivity contribution in [3.8, 4) is 0 Å². The number of carbonyl (C=O) groups is 1. The number of hydrogen-bond acceptors (Lipinski definition) is 5. The Hall–Kier alpha value is -2.28. The molecule has 124 valence electrons. The first-order valence-electron chi connectivity index (χ1n) is 7.78. The molecule has 1 aromatic heterocycles. The van der Waals surface area contributed by atoms with Gasteiger partial charge in [0.05, 0.1) is 0 Å². The maximum Gasteiger partial charge on any atom is 0.245 e. The van der Waals surface area contributed by atoms with Crippen molar-refractivity contribution >= 4 is 5.91 Å². The summed E-state index contributed by atoms with van der Waals surface area (Å²) in [5, 5.41) is 23.4. The van der Waals surface area contributed by atoms with Crippen molar-refractivity contribution in [1.29, 1.82) is 0 Å². The fraction of sp³-hybridized carbons (Fsp3) is 0.500. The molecule has 0 bridgehead atoms. The Morgan fingerprint density at radius 1 is 1.35 bits per heavy atom. The van der Waals surface area contributed by atoms with E-state index in [1.807, 2.05) is 37.3 Å². The second-order valence-electron chi connectivity index (χ2n) is 5.74. The van der Waals surface area contributed by atoms with E-state index in [1.165, 1.54) is 0 Å². The van der Waals surface area contributed by atoms with Crippen molar-refractivity contribution in [2.24, 2.45) is 5.92 Å². The molecule has 0 radical (unpaired) electrons. The van der Waals surface area contributed by atoms with Crippen LogP contribution in [0.1, 0.15) is 30.8 Å². The normalized spacial score (nSPS) is 13.5. The summed E-state index contributed by atoms with van der Waals surface area (Å²) in [5.74, 6) is 0.704. The fourth-order valence-corrected chi connectivity index (χ4v) is 2.37. The zero-order chi connectivity index (χ0) is 16.7. The van der Waals surface area contributed by atoms with Crippen LogP contribution in [0.15, 0.2) is 30.3 Å². The van der Waals surface area contributed by atoms with Crippen LogP contribution in [0.2, 0.25) is 0 Å². The van der Waals surface area contributed by atoms with Crippen molar-refractivity contribution in [3.63, 3.8) is 0 Å². The number of aliphatic hydroxyl groups excluding tert-OH is 1. The van der Waals surface area contributed by atoms with Gasteiger partial charge in [-0.15, -0.1) is 5.10 Å². The molecular formula is C16H23N5O2. The molecule has 0 saturated heterocycles. The van der Waals surface area contributed by atoms with Crippen molar-refractivity contribution in [2.75, 3.05) is 13.2 Å². The lowest BCUT2D eigenvalue weighted by Gasteiger charge is -2.19. The van der Waals surface area contributed by atoms with E-state index in [2.05, 4.69) is 20.8 Å². The molecular weight excluding hydrogens is 294 g/mol. The van der Waals surface area contributed by atoms with Crippen LogP contribution in [-0.2, 0) is 11.2 Å². The molecule has 0 aliphatic heterocycles. The molecule has 0 fully saturated rings. The maximum absolute atomic E-state index is 12.6. The van der Waals surface area contributed by atoms with Crippen molar-refractivity contribution < 1.29 is 9.90 Å². The SMILES string of the molecule is Cc1nnnn1C(Cc1ccccc1)C(=O)NCC(C)CCO. The van der Waals surface area contributed by atoms with E-state index in [-0.39, 0.29) is 18.4 Å². The summed E-state index contributed by atoms with van der Waals surface area (Å²) in [6, 6.07) is 9.30. The zero-order valence-electron chi connectivity index (χ0n) is 13.5. The number of tetrazole rings is 1. The Morgan fingerprint density at radius 3 is 2.70 bits per heavy atom. The first kappa shape index (κ1) is 17.1. The highest BCUT2D eigenvalue weighted by Crippen LogP contribution is 2.15. The van der Waals surface area contributed by atoms with E-state index in [0.717, 1.165) is 5.56 Å². The Balaban J connectivity index is 2.10. The lowest BCUT2D eigenvalue weighted by atomic mass is 10.0. The number of amides is 1. The summed E-state index contributed by atoms with van der Waals surface area (Å²) in [6.07, 6.45) is 1.18. The molecule has 2 aromatic rings. The number of aliphatic hydroxyl groups is 1. The van der Waals surface area contributed by atoms with Gasteiger partial charge >= 0.3 is 0 Å². The molecule has 0 aliphatic rings. The topological polar surface area (TPSA) is 92.9 Å². The molecule has 7 heteroatoms. The molecule has 0 aliphatic carbocycles. The molecule has 23 heavy (non-hydrogen) atoms. The number of nitrogens with zero attached hydrogens (tertiary/aromatic N) is 4. The van der Waals surface area contributed by atoms with Gasteiger partial charge in [0.1, 0.15) is 11.9 Å². The van der Waals surface area contributed by atoms with Gasteiger partial charge in [0.25, 0.3) is 0 Å². The van der Waals surface area contributed by atoms with Gasteiger partial charge in [0, 0.05) is 19.6 Å². The van der Waals surface area contributed by atoms with Crippen molar-refractivity contribution in [2.45, 2.75) is 32.7 Å². The molecule has 2 N–H and O–H groups in total. The third kappa shape index (κ3) is 4.85. The van der Waals surface area contributed by atoms with Crippen LogP contribution in [0.4, 0.5) is 0 Å². The maximum atomic E-state index is 12.6. The average molecular weight is 317 g/mol. The molecule has 2 atom stereocenters. The summed E-state index contributed by atoms with van der Waals surface area (Å²) in [6.45, 7) is 4.41. The fourth-order valence-electron chi connectivity index (χ4n) is 2.37. The van der Waals surface area contributed by atoms with Crippen molar-refractivity contribution in [3.05, 3.63) is 41.7 Å². The number of hydrogen-bond donors (Lipinski definition) is 2. The molecule has 1 heterocycles. The lowest BCUT2D eigenvalue weighted by molar-refractivity contribution is -0.124. The Kier molecular flexibility index (Phi) is 6.22. The predicted molar refractivity (Wildman–Crippen MR) is 85.6 cm³/mol. The molecule has 7 nitrogen and oxygen atoms in total. The number of benzene rings is 1. The molecule has 0 saturated carbocycles. The van der Waals surface area contributed by atoms with E-state index < -0.39 is 6.04 Å². The van der Waals surface area contributed by atoms with E-state index in [0.29, 0.717) is 25.2 Å². The number of aryl methyl sites for hydroxylation is 1. The molecule has 2 rings (SSSR count). The summed E-state index contributed by atoms with van der Waals surface area (Å²) in [7, 11) is 0. The van der Waals surface area contributed by atoms with Gasteiger partial charge in [-0.2, -0.15) is 0 Å². The second-order valence-corrected chi connectivity index (χ2v) is 5.74. The lowest BCUT2D eigenvalue weighted by Crippen LogP contribution is -2.37. The van der Waals surface area contributed by atoms with Crippen LogP contribution in [-0.4, -0.2) is 44.4 Å². The second kappa shape index (κ2) is 8.38. The van der Waals surface area contributed by atoms with Gasteiger partial charge in [-0.25, -0.2) is 4.68 Å². The highest BCUT2D eigenvalue weighted by molar-refractivity contribution is 5.80. The molecule has 0 spiro atoms. The number of aromatic nitrogens is 4. The van der Waals surface area contributed by atoms with E-state index in [1.54, 1.807) is 11.6 Å². The molecule has 1 aromatic carbocycles. The minimum Gasteiger partial charge on any atom is -0.396 e. The third-order valence-corrected chi connectivity index (χ3v) is 3.77. The van der Waals surface area contributed by atoms with Crippen LogP contribution < -0.4 is 5.32 Å². The van der Waals surface area contributed by atoms with E-state index in [9.17, 15) is 4.79 Å². The highest BCUT2D eigenvalue weighted by Gasteiger charge is 2.24. The van der Waals surface area contributed by atoms with Gasteiger partial charge in [0.2, 0.25) is 5.91 Å². The number of nitrogens with one attached hydrogen (secondary N) is 1. The summed E-state index contributed by atoms with van der Waals surface area (Å²) < 4.78 is 1.55. The van der Waals surface area contributed by atoms with E-state index in [4.69, 9.17) is 5.11 Å². The van der Waals surface area contributed by atoms with Crippen molar-refractivity contribution in [1.82, 2.24) is 25.5 Å². The predicted octanol–water partition coefficient (Wildman–Crippen LogP) is 0.900. The molecule has 1 amide bonds. The van der Waals surface area contributed by atoms with Gasteiger partial charge < -0.3 is 10.4 Å².